The molecular weight excluding hydrogens is 362 g/mol. The highest BCUT2D eigenvalue weighted by Gasteiger charge is 2.14. The number of thioether (sulfide) groups is 1. The van der Waals surface area contributed by atoms with E-state index in [4.69, 9.17) is 9.47 Å². The number of amides is 1. The van der Waals surface area contributed by atoms with Gasteiger partial charge in [-0.15, -0.1) is 0 Å². The number of aromatic nitrogens is 2. The Balaban J connectivity index is 1.33. The van der Waals surface area contributed by atoms with Gasteiger partial charge in [-0.05, 0) is 36.8 Å². The van der Waals surface area contributed by atoms with E-state index in [1.54, 1.807) is 30.1 Å². The number of ether oxygens (including phenoxy) is 2. The molecule has 7 heteroatoms. The fourth-order valence-electron chi connectivity index (χ4n) is 2.80. The highest BCUT2D eigenvalue weighted by molar-refractivity contribution is 7.99. The summed E-state index contributed by atoms with van der Waals surface area (Å²) in [7, 11) is 0. The van der Waals surface area contributed by atoms with Crippen molar-refractivity contribution in [2.24, 2.45) is 0 Å². The zero-order valence-electron chi connectivity index (χ0n) is 14.8. The zero-order chi connectivity index (χ0) is 18.6. The number of carbonyl (C=O) groups excluding carboxylic acids is 1. The topological polar surface area (TPSA) is 65.4 Å². The number of nitrogens with one attached hydrogen (secondary N) is 1. The van der Waals surface area contributed by atoms with E-state index in [0.717, 1.165) is 10.8 Å². The molecule has 1 aromatic heterocycles. The Hall–Kier alpha value is -2.93. The first-order chi connectivity index (χ1) is 13.2. The van der Waals surface area contributed by atoms with Gasteiger partial charge in [-0.1, -0.05) is 23.9 Å². The van der Waals surface area contributed by atoms with Gasteiger partial charge in [0.2, 0.25) is 12.7 Å². The molecular formula is C20H19N3O3S. The first kappa shape index (κ1) is 17.5. The largest absolute Gasteiger partial charge is 0.454 e. The standard InChI is InChI=1S/C20H19N3O3S/c1-14-3-2-4-16(11-14)23-9-8-21-20(23)27-10-7-19(24)22-15-5-6-17-18(12-15)26-13-25-17/h2-6,8-9,11-12H,7,10,13H2,1H3,(H,22,24). The van der Waals surface area contributed by atoms with Crippen molar-refractivity contribution >= 4 is 23.4 Å². The average molecular weight is 381 g/mol. The van der Waals surface area contributed by atoms with Crippen LogP contribution in [0.1, 0.15) is 12.0 Å². The van der Waals surface area contributed by atoms with Gasteiger partial charge in [-0.25, -0.2) is 4.98 Å². The van der Waals surface area contributed by atoms with Crippen molar-refractivity contribution in [3.8, 4) is 17.2 Å². The van der Waals surface area contributed by atoms with E-state index in [1.165, 1.54) is 5.56 Å². The van der Waals surface area contributed by atoms with E-state index in [2.05, 4.69) is 29.4 Å². The summed E-state index contributed by atoms with van der Waals surface area (Å²) in [5.74, 6) is 1.95. The van der Waals surface area contributed by atoms with E-state index in [1.807, 2.05) is 29.0 Å². The van der Waals surface area contributed by atoms with Gasteiger partial charge in [0.25, 0.3) is 0 Å². The molecule has 0 atom stereocenters. The molecule has 1 aliphatic heterocycles. The molecule has 4 rings (SSSR count). The summed E-state index contributed by atoms with van der Waals surface area (Å²) < 4.78 is 12.6. The third-order valence-electron chi connectivity index (χ3n) is 4.10. The molecule has 0 radical (unpaired) electrons. The number of hydrogen-bond acceptors (Lipinski definition) is 5. The van der Waals surface area contributed by atoms with Crippen LogP contribution >= 0.6 is 11.8 Å². The zero-order valence-corrected chi connectivity index (χ0v) is 15.7. The second-order valence-electron chi connectivity index (χ2n) is 6.13. The number of benzene rings is 2. The Kier molecular flexibility index (Phi) is 5.02. The number of anilines is 1. The van der Waals surface area contributed by atoms with Gasteiger partial charge in [0.15, 0.2) is 16.7 Å². The number of aryl methyl sites for hydroxylation is 1. The van der Waals surface area contributed by atoms with Gasteiger partial charge in [-0.3, -0.25) is 9.36 Å². The molecule has 0 saturated heterocycles. The molecule has 2 heterocycles. The molecule has 1 N–H and O–H groups in total. The van der Waals surface area contributed by atoms with E-state index < -0.39 is 0 Å². The molecule has 6 nitrogen and oxygen atoms in total. The first-order valence-corrected chi connectivity index (χ1v) is 9.60. The summed E-state index contributed by atoms with van der Waals surface area (Å²) >= 11 is 1.56. The number of fused-ring (bicyclic) bond motifs is 1. The van der Waals surface area contributed by atoms with Crippen LogP contribution in [0.2, 0.25) is 0 Å². The highest BCUT2D eigenvalue weighted by atomic mass is 32.2. The normalized spacial score (nSPS) is 12.2. The molecule has 1 amide bonds. The van der Waals surface area contributed by atoms with Crippen LogP contribution in [-0.2, 0) is 4.79 Å². The molecule has 0 fully saturated rings. The monoisotopic (exact) mass is 381 g/mol. The average Bonchev–Trinajstić information content (AvgIpc) is 3.30. The number of rotatable bonds is 6. The summed E-state index contributed by atoms with van der Waals surface area (Å²) in [6, 6.07) is 13.6. The lowest BCUT2D eigenvalue weighted by Crippen LogP contribution is -2.12. The van der Waals surface area contributed by atoms with Crippen LogP contribution in [0.15, 0.2) is 60.0 Å². The molecule has 27 heavy (non-hydrogen) atoms. The van der Waals surface area contributed by atoms with Crippen LogP contribution in [0, 0.1) is 6.92 Å². The van der Waals surface area contributed by atoms with Gasteiger partial charge < -0.3 is 14.8 Å². The minimum absolute atomic E-state index is 0.0463. The molecule has 2 aromatic carbocycles. The summed E-state index contributed by atoms with van der Waals surface area (Å²) in [4.78, 5) is 16.6. The van der Waals surface area contributed by atoms with E-state index in [0.29, 0.717) is 29.4 Å². The maximum atomic E-state index is 12.2. The van der Waals surface area contributed by atoms with Crippen molar-refractivity contribution in [2.75, 3.05) is 17.9 Å². The smallest absolute Gasteiger partial charge is 0.231 e. The fraction of sp³-hybridized carbons (Fsp3) is 0.200. The second kappa shape index (κ2) is 7.75. The number of carbonyl (C=O) groups is 1. The van der Waals surface area contributed by atoms with Crippen LogP contribution in [0.25, 0.3) is 5.69 Å². The SMILES string of the molecule is Cc1cccc(-n2ccnc2SCCC(=O)Nc2ccc3c(c2)OCO3)c1. The lowest BCUT2D eigenvalue weighted by atomic mass is 10.2. The Morgan fingerprint density at radius 1 is 1.22 bits per heavy atom. The summed E-state index contributed by atoms with van der Waals surface area (Å²) in [5, 5.41) is 3.76. The molecule has 0 spiro atoms. The summed E-state index contributed by atoms with van der Waals surface area (Å²) in [6.07, 6.45) is 4.10. The van der Waals surface area contributed by atoms with Crippen molar-refractivity contribution in [2.45, 2.75) is 18.5 Å². The molecule has 0 aliphatic carbocycles. The van der Waals surface area contributed by atoms with E-state index in [-0.39, 0.29) is 12.7 Å². The molecule has 3 aromatic rings. The maximum absolute atomic E-state index is 12.2. The maximum Gasteiger partial charge on any atom is 0.231 e. The van der Waals surface area contributed by atoms with E-state index in [9.17, 15) is 4.79 Å². The van der Waals surface area contributed by atoms with Crippen LogP contribution < -0.4 is 14.8 Å². The van der Waals surface area contributed by atoms with Crippen molar-refractivity contribution < 1.29 is 14.3 Å². The van der Waals surface area contributed by atoms with Gasteiger partial charge >= 0.3 is 0 Å². The molecule has 0 bridgehead atoms. The minimum atomic E-state index is -0.0463. The predicted octanol–water partition coefficient (Wildman–Crippen LogP) is 4.03. The van der Waals surface area contributed by atoms with Crippen molar-refractivity contribution in [1.29, 1.82) is 0 Å². The van der Waals surface area contributed by atoms with Crippen molar-refractivity contribution in [1.82, 2.24) is 9.55 Å². The summed E-state index contributed by atoms with van der Waals surface area (Å²) in [5.41, 5.74) is 2.97. The Labute approximate surface area is 161 Å². The van der Waals surface area contributed by atoms with Gasteiger partial charge in [0.1, 0.15) is 0 Å². The molecule has 0 unspecified atom stereocenters. The highest BCUT2D eigenvalue weighted by Crippen LogP contribution is 2.34. The second-order valence-corrected chi connectivity index (χ2v) is 7.20. The van der Waals surface area contributed by atoms with Crippen molar-refractivity contribution in [3.05, 3.63) is 60.4 Å². The van der Waals surface area contributed by atoms with Crippen LogP contribution in [-0.4, -0.2) is 28.0 Å². The Bertz CT molecular complexity index is 971. The third-order valence-corrected chi connectivity index (χ3v) is 5.07. The fourth-order valence-corrected chi connectivity index (χ4v) is 3.71. The molecule has 138 valence electrons. The molecule has 1 aliphatic rings. The van der Waals surface area contributed by atoms with Gasteiger partial charge in [0.05, 0.1) is 0 Å². The van der Waals surface area contributed by atoms with Crippen LogP contribution in [0.4, 0.5) is 5.69 Å². The third kappa shape index (κ3) is 4.09. The number of nitrogens with zero attached hydrogens (tertiary/aromatic N) is 2. The predicted molar refractivity (Wildman–Crippen MR) is 105 cm³/mol. The Morgan fingerprint density at radius 3 is 3.00 bits per heavy atom. The quantitative estimate of drug-likeness (QED) is 0.653. The lowest BCUT2D eigenvalue weighted by molar-refractivity contribution is -0.115. The number of imidazole rings is 1. The van der Waals surface area contributed by atoms with Crippen LogP contribution in [0.3, 0.4) is 0 Å². The van der Waals surface area contributed by atoms with Gasteiger partial charge in [-0.2, -0.15) is 0 Å². The molecule has 0 saturated carbocycles. The first-order valence-electron chi connectivity index (χ1n) is 8.62. The van der Waals surface area contributed by atoms with E-state index >= 15 is 0 Å². The minimum Gasteiger partial charge on any atom is -0.454 e. The summed E-state index contributed by atoms with van der Waals surface area (Å²) in [6.45, 7) is 2.28. The van der Waals surface area contributed by atoms with Crippen LogP contribution in [0.5, 0.6) is 11.5 Å². The van der Waals surface area contributed by atoms with Crippen molar-refractivity contribution in [3.63, 3.8) is 0 Å². The van der Waals surface area contributed by atoms with Gasteiger partial charge in [0, 0.05) is 42.0 Å². The lowest BCUT2D eigenvalue weighted by Gasteiger charge is -2.09. The number of hydrogen-bond donors (Lipinski definition) is 1. The Morgan fingerprint density at radius 2 is 2.11 bits per heavy atom.